The Hall–Kier alpha value is -2.36. The first-order valence-electron chi connectivity index (χ1n) is 6.70. The lowest BCUT2D eigenvalue weighted by atomic mass is 10.2. The maximum Gasteiger partial charge on any atom is 0.222 e. The standard InChI is InChI=1S/C16H19N3O/c1-13-4-2-6-15(10-13)18-9-7-16(20)19-12-14-5-3-8-17-11-14/h2-6,8,10-11,18H,7,9,12H2,1H3,(H,19,20). The predicted octanol–water partition coefficient (Wildman–Crippen LogP) is 2.51. The van der Waals surface area contributed by atoms with Gasteiger partial charge in [-0.2, -0.15) is 0 Å². The predicted molar refractivity (Wildman–Crippen MR) is 80.4 cm³/mol. The minimum Gasteiger partial charge on any atom is -0.385 e. The lowest BCUT2D eigenvalue weighted by molar-refractivity contribution is -0.121. The lowest BCUT2D eigenvalue weighted by Crippen LogP contribution is -2.24. The molecule has 20 heavy (non-hydrogen) atoms. The fraction of sp³-hybridized carbons (Fsp3) is 0.250. The van der Waals surface area contributed by atoms with Crippen molar-refractivity contribution < 1.29 is 4.79 Å². The Morgan fingerprint density at radius 1 is 1.25 bits per heavy atom. The molecule has 104 valence electrons. The fourth-order valence-electron chi connectivity index (χ4n) is 1.87. The summed E-state index contributed by atoms with van der Waals surface area (Å²) in [6, 6.07) is 11.9. The van der Waals surface area contributed by atoms with Crippen molar-refractivity contribution in [1.82, 2.24) is 10.3 Å². The topological polar surface area (TPSA) is 54.0 Å². The fourth-order valence-corrected chi connectivity index (χ4v) is 1.87. The molecule has 0 saturated carbocycles. The molecule has 1 amide bonds. The molecular weight excluding hydrogens is 250 g/mol. The van der Waals surface area contributed by atoms with E-state index < -0.39 is 0 Å². The van der Waals surface area contributed by atoms with E-state index in [1.54, 1.807) is 12.4 Å². The highest BCUT2D eigenvalue weighted by molar-refractivity contribution is 5.76. The molecule has 1 heterocycles. The van der Waals surface area contributed by atoms with Crippen molar-refractivity contribution in [3.8, 4) is 0 Å². The summed E-state index contributed by atoms with van der Waals surface area (Å²) >= 11 is 0. The second kappa shape index (κ2) is 7.28. The molecule has 0 aliphatic heterocycles. The third-order valence-electron chi connectivity index (χ3n) is 2.91. The van der Waals surface area contributed by atoms with Gasteiger partial charge in [-0.15, -0.1) is 0 Å². The van der Waals surface area contributed by atoms with Crippen LogP contribution in [0, 0.1) is 6.92 Å². The monoisotopic (exact) mass is 269 g/mol. The van der Waals surface area contributed by atoms with Gasteiger partial charge in [0.1, 0.15) is 0 Å². The quantitative estimate of drug-likeness (QED) is 0.847. The van der Waals surface area contributed by atoms with E-state index in [1.165, 1.54) is 5.56 Å². The summed E-state index contributed by atoms with van der Waals surface area (Å²) in [5, 5.41) is 6.12. The summed E-state index contributed by atoms with van der Waals surface area (Å²) in [6.45, 7) is 3.20. The third-order valence-corrected chi connectivity index (χ3v) is 2.91. The summed E-state index contributed by atoms with van der Waals surface area (Å²) in [5.74, 6) is 0.0361. The number of pyridine rings is 1. The van der Waals surface area contributed by atoms with Crippen LogP contribution in [0.2, 0.25) is 0 Å². The smallest absolute Gasteiger partial charge is 0.222 e. The van der Waals surface area contributed by atoms with Crippen LogP contribution in [0.3, 0.4) is 0 Å². The Labute approximate surface area is 119 Å². The van der Waals surface area contributed by atoms with Gasteiger partial charge < -0.3 is 10.6 Å². The number of carbonyl (C=O) groups excluding carboxylic acids is 1. The zero-order valence-corrected chi connectivity index (χ0v) is 11.6. The third kappa shape index (κ3) is 4.72. The minimum absolute atomic E-state index is 0.0361. The molecule has 0 aliphatic carbocycles. The van der Waals surface area contributed by atoms with Crippen LogP contribution in [0.4, 0.5) is 5.69 Å². The molecule has 0 fully saturated rings. The van der Waals surface area contributed by atoms with E-state index in [0.29, 0.717) is 19.5 Å². The summed E-state index contributed by atoms with van der Waals surface area (Å²) in [5.41, 5.74) is 3.26. The zero-order valence-electron chi connectivity index (χ0n) is 11.6. The second-order valence-electron chi connectivity index (χ2n) is 4.68. The molecule has 0 saturated heterocycles. The maximum atomic E-state index is 11.7. The minimum atomic E-state index is 0.0361. The number of benzene rings is 1. The van der Waals surface area contributed by atoms with Gasteiger partial charge in [-0.25, -0.2) is 0 Å². The molecule has 4 nitrogen and oxygen atoms in total. The highest BCUT2D eigenvalue weighted by Gasteiger charge is 2.01. The van der Waals surface area contributed by atoms with E-state index in [4.69, 9.17) is 0 Å². The van der Waals surface area contributed by atoms with E-state index in [-0.39, 0.29) is 5.91 Å². The van der Waals surface area contributed by atoms with Gasteiger partial charge >= 0.3 is 0 Å². The van der Waals surface area contributed by atoms with Crippen LogP contribution in [0.1, 0.15) is 17.5 Å². The van der Waals surface area contributed by atoms with Gasteiger partial charge in [-0.3, -0.25) is 9.78 Å². The van der Waals surface area contributed by atoms with E-state index in [9.17, 15) is 4.79 Å². The van der Waals surface area contributed by atoms with Gasteiger partial charge in [0.05, 0.1) is 0 Å². The van der Waals surface area contributed by atoms with Crippen molar-refractivity contribution in [2.24, 2.45) is 0 Å². The van der Waals surface area contributed by atoms with E-state index in [2.05, 4.69) is 21.7 Å². The van der Waals surface area contributed by atoms with Crippen LogP contribution in [-0.4, -0.2) is 17.4 Å². The first kappa shape index (κ1) is 14.1. The van der Waals surface area contributed by atoms with Crippen molar-refractivity contribution in [3.05, 3.63) is 59.9 Å². The van der Waals surface area contributed by atoms with Gasteiger partial charge in [0.25, 0.3) is 0 Å². The number of hydrogen-bond donors (Lipinski definition) is 2. The summed E-state index contributed by atoms with van der Waals surface area (Å²) in [6.07, 6.45) is 3.93. The number of rotatable bonds is 6. The molecule has 1 aromatic carbocycles. The van der Waals surface area contributed by atoms with Crippen LogP contribution >= 0.6 is 0 Å². The molecule has 2 aromatic rings. The first-order chi connectivity index (χ1) is 9.74. The van der Waals surface area contributed by atoms with Gasteiger partial charge in [-0.1, -0.05) is 18.2 Å². The Kier molecular flexibility index (Phi) is 5.12. The highest BCUT2D eigenvalue weighted by Crippen LogP contribution is 2.09. The Morgan fingerprint density at radius 2 is 2.15 bits per heavy atom. The van der Waals surface area contributed by atoms with Crippen molar-refractivity contribution in [2.75, 3.05) is 11.9 Å². The normalized spacial score (nSPS) is 10.1. The van der Waals surface area contributed by atoms with E-state index in [0.717, 1.165) is 11.3 Å². The van der Waals surface area contributed by atoms with Crippen LogP contribution < -0.4 is 10.6 Å². The molecule has 0 atom stereocenters. The van der Waals surface area contributed by atoms with Crippen molar-refractivity contribution >= 4 is 11.6 Å². The van der Waals surface area contributed by atoms with Gasteiger partial charge in [-0.05, 0) is 36.2 Å². The second-order valence-corrected chi connectivity index (χ2v) is 4.68. The maximum absolute atomic E-state index is 11.7. The number of hydrogen-bond acceptors (Lipinski definition) is 3. The number of aromatic nitrogens is 1. The van der Waals surface area contributed by atoms with E-state index >= 15 is 0 Å². The number of nitrogens with zero attached hydrogens (tertiary/aromatic N) is 1. The molecule has 0 aliphatic rings. The molecule has 0 bridgehead atoms. The molecule has 0 radical (unpaired) electrons. The van der Waals surface area contributed by atoms with Gasteiger partial charge in [0, 0.05) is 37.6 Å². The SMILES string of the molecule is Cc1cccc(NCCC(=O)NCc2cccnc2)c1. The Morgan fingerprint density at radius 3 is 2.90 bits per heavy atom. The van der Waals surface area contributed by atoms with Crippen molar-refractivity contribution in [1.29, 1.82) is 0 Å². The van der Waals surface area contributed by atoms with Crippen LogP contribution in [-0.2, 0) is 11.3 Å². The molecule has 4 heteroatoms. The largest absolute Gasteiger partial charge is 0.385 e. The molecule has 2 N–H and O–H groups in total. The summed E-state index contributed by atoms with van der Waals surface area (Å²) in [7, 11) is 0. The van der Waals surface area contributed by atoms with Crippen LogP contribution in [0.5, 0.6) is 0 Å². The van der Waals surface area contributed by atoms with Gasteiger partial charge in [0.2, 0.25) is 5.91 Å². The molecule has 0 unspecified atom stereocenters. The number of aryl methyl sites for hydroxylation is 1. The summed E-state index contributed by atoms with van der Waals surface area (Å²) < 4.78 is 0. The van der Waals surface area contributed by atoms with Gasteiger partial charge in [0.15, 0.2) is 0 Å². The highest BCUT2D eigenvalue weighted by atomic mass is 16.1. The average molecular weight is 269 g/mol. The zero-order chi connectivity index (χ0) is 14.2. The number of amides is 1. The lowest BCUT2D eigenvalue weighted by Gasteiger charge is -2.08. The van der Waals surface area contributed by atoms with Crippen LogP contribution in [0.25, 0.3) is 0 Å². The first-order valence-corrected chi connectivity index (χ1v) is 6.70. The number of carbonyl (C=O) groups is 1. The molecule has 1 aromatic heterocycles. The summed E-state index contributed by atoms with van der Waals surface area (Å²) in [4.78, 5) is 15.7. The van der Waals surface area contributed by atoms with E-state index in [1.807, 2.05) is 37.3 Å². The van der Waals surface area contributed by atoms with Crippen molar-refractivity contribution in [2.45, 2.75) is 19.9 Å². The average Bonchev–Trinajstić information content (AvgIpc) is 2.46. The number of nitrogens with one attached hydrogen (secondary N) is 2. The Balaban J connectivity index is 1.68. The van der Waals surface area contributed by atoms with Crippen molar-refractivity contribution in [3.63, 3.8) is 0 Å². The Bertz CT molecular complexity index is 555. The molecule has 2 rings (SSSR count). The molecular formula is C16H19N3O. The van der Waals surface area contributed by atoms with Crippen LogP contribution in [0.15, 0.2) is 48.8 Å². The number of anilines is 1. The molecule has 0 spiro atoms.